The van der Waals surface area contributed by atoms with Crippen molar-refractivity contribution >= 4 is 0 Å². The summed E-state index contributed by atoms with van der Waals surface area (Å²) in [6, 6.07) is 0. The summed E-state index contributed by atoms with van der Waals surface area (Å²) in [5, 5.41) is 0. The molecule has 11 heavy (non-hydrogen) atoms. The van der Waals surface area contributed by atoms with Crippen LogP contribution >= 0.6 is 0 Å². The first-order valence-corrected chi connectivity index (χ1v) is 4.54. The molecule has 64 valence electrons. The van der Waals surface area contributed by atoms with E-state index in [0.29, 0.717) is 5.41 Å². The third-order valence-electron chi connectivity index (χ3n) is 2.52. The molecule has 0 amide bonds. The van der Waals surface area contributed by atoms with E-state index >= 15 is 0 Å². The molecule has 0 bridgehead atoms. The second kappa shape index (κ2) is 3.40. The van der Waals surface area contributed by atoms with Crippen LogP contribution in [0.1, 0.15) is 26.2 Å². The molecule has 0 atom stereocenters. The lowest BCUT2D eigenvalue weighted by atomic mass is 10.1. The van der Waals surface area contributed by atoms with Crippen molar-refractivity contribution in [2.75, 3.05) is 20.1 Å². The zero-order chi connectivity index (χ0) is 8.32. The van der Waals surface area contributed by atoms with Crippen LogP contribution in [-0.2, 0) is 0 Å². The van der Waals surface area contributed by atoms with E-state index in [9.17, 15) is 0 Å². The van der Waals surface area contributed by atoms with Gasteiger partial charge in [0.1, 0.15) is 0 Å². The molecule has 0 spiro atoms. The summed E-state index contributed by atoms with van der Waals surface area (Å²) in [5.41, 5.74) is 0.504. The molecule has 0 unspecified atom stereocenters. The van der Waals surface area contributed by atoms with Crippen molar-refractivity contribution in [3.05, 3.63) is 12.7 Å². The summed E-state index contributed by atoms with van der Waals surface area (Å²) in [7, 11) is 2.20. The summed E-state index contributed by atoms with van der Waals surface area (Å²) >= 11 is 0. The quantitative estimate of drug-likeness (QED) is 0.548. The maximum absolute atomic E-state index is 3.88. The van der Waals surface area contributed by atoms with Crippen molar-refractivity contribution in [1.29, 1.82) is 0 Å². The van der Waals surface area contributed by atoms with Crippen LogP contribution in [0.2, 0.25) is 0 Å². The maximum Gasteiger partial charge on any atom is 0.00695 e. The van der Waals surface area contributed by atoms with Crippen LogP contribution in [0.15, 0.2) is 12.7 Å². The monoisotopic (exact) mass is 153 g/mol. The Hall–Kier alpha value is -0.300. The van der Waals surface area contributed by atoms with Crippen molar-refractivity contribution in [3.63, 3.8) is 0 Å². The second-order valence-corrected chi connectivity index (χ2v) is 3.80. The fraction of sp³-hybridized carbons (Fsp3) is 0.800. The van der Waals surface area contributed by atoms with Crippen LogP contribution in [0.3, 0.4) is 0 Å². The predicted octanol–water partition coefficient (Wildman–Crippen LogP) is 2.29. The van der Waals surface area contributed by atoms with Crippen LogP contribution in [0.5, 0.6) is 0 Å². The minimum atomic E-state index is 0.504. The predicted molar refractivity (Wildman–Crippen MR) is 49.7 cm³/mol. The first kappa shape index (κ1) is 8.79. The molecule has 1 aliphatic rings. The number of rotatable bonds is 5. The van der Waals surface area contributed by atoms with Crippen molar-refractivity contribution in [3.8, 4) is 0 Å². The van der Waals surface area contributed by atoms with Gasteiger partial charge in [0.05, 0.1) is 0 Å². The van der Waals surface area contributed by atoms with Gasteiger partial charge in [-0.15, -0.1) is 6.58 Å². The Bertz CT molecular complexity index is 136. The Morgan fingerprint density at radius 1 is 1.55 bits per heavy atom. The van der Waals surface area contributed by atoms with Gasteiger partial charge in [-0.3, -0.25) is 0 Å². The molecule has 0 saturated heterocycles. The standard InChI is InChI=1S/C10H19N/c1-4-8-11(3)9-10(5-2)6-7-10/h5H,2,4,6-9H2,1,3H3. The van der Waals surface area contributed by atoms with E-state index in [1.165, 1.54) is 32.4 Å². The highest BCUT2D eigenvalue weighted by atomic mass is 15.1. The molecule has 0 aromatic rings. The minimum Gasteiger partial charge on any atom is -0.306 e. The zero-order valence-corrected chi connectivity index (χ0v) is 7.77. The molecule has 0 aromatic heterocycles. The summed E-state index contributed by atoms with van der Waals surface area (Å²) in [6.07, 6.45) is 6.10. The van der Waals surface area contributed by atoms with Crippen molar-refractivity contribution in [1.82, 2.24) is 4.90 Å². The molecule has 0 aromatic carbocycles. The van der Waals surface area contributed by atoms with Gasteiger partial charge in [0.25, 0.3) is 0 Å². The highest BCUT2D eigenvalue weighted by Crippen LogP contribution is 2.46. The van der Waals surface area contributed by atoms with Crippen LogP contribution in [0.25, 0.3) is 0 Å². The fourth-order valence-corrected chi connectivity index (χ4v) is 1.59. The Labute approximate surface area is 70.1 Å². The lowest BCUT2D eigenvalue weighted by Gasteiger charge is -2.20. The average molecular weight is 153 g/mol. The largest absolute Gasteiger partial charge is 0.306 e. The van der Waals surface area contributed by atoms with Crippen molar-refractivity contribution in [2.24, 2.45) is 5.41 Å². The van der Waals surface area contributed by atoms with Crippen LogP contribution < -0.4 is 0 Å². The molecule has 0 radical (unpaired) electrons. The highest BCUT2D eigenvalue weighted by molar-refractivity contribution is 5.07. The topological polar surface area (TPSA) is 3.24 Å². The lowest BCUT2D eigenvalue weighted by molar-refractivity contribution is 0.291. The maximum atomic E-state index is 3.88. The molecule has 1 nitrogen and oxygen atoms in total. The molecule has 1 heteroatoms. The van der Waals surface area contributed by atoms with Gasteiger partial charge in [-0.1, -0.05) is 13.0 Å². The molecule has 1 rings (SSSR count). The highest BCUT2D eigenvalue weighted by Gasteiger charge is 2.39. The molecule has 1 fully saturated rings. The van der Waals surface area contributed by atoms with Crippen LogP contribution in [-0.4, -0.2) is 25.0 Å². The van der Waals surface area contributed by atoms with Gasteiger partial charge in [-0.25, -0.2) is 0 Å². The Kier molecular flexibility index (Phi) is 2.72. The zero-order valence-electron chi connectivity index (χ0n) is 7.77. The molecular weight excluding hydrogens is 134 g/mol. The number of hydrogen-bond donors (Lipinski definition) is 0. The lowest BCUT2D eigenvalue weighted by Crippen LogP contribution is -2.26. The van der Waals surface area contributed by atoms with E-state index in [0.717, 1.165) is 0 Å². The molecule has 1 aliphatic carbocycles. The van der Waals surface area contributed by atoms with E-state index in [1.54, 1.807) is 0 Å². The Morgan fingerprint density at radius 3 is 2.55 bits per heavy atom. The van der Waals surface area contributed by atoms with Gasteiger partial charge in [0.2, 0.25) is 0 Å². The van der Waals surface area contributed by atoms with E-state index in [4.69, 9.17) is 0 Å². The summed E-state index contributed by atoms with van der Waals surface area (Å²) in [6.45, 7) is 8.54. The summed E-state index contributed by atoms with van der Waals surface area (Å²) in [5.74, 6) is 0. The molecule has 1 saturated carbocycles. The van der Waals surface area contributed by atoms with E-state index in [1.807, 2.05) is 0 Å². The third kappa shape index (κ3) is 2.33. The smallest absolute Gasteiger partial charge is 0.00695 e. The van der Waals surface area contributed by atoms with Gasteiger partial charge in [0, 0.05) is 12.0 Å². The van der Waals surface area contributed by atoms with Crippen molar-refractivity contribution < 1.29 is 0 Å². The third-order valence-corrected chi connectivity index (χ3v) is 2.52. The van der Waals surface area contributed by atoms with Crippen LogP contribution in [0, 0.1) is 5.41 Å². The Morgan fingerprint density at radius 2 is 2.18 bits per heavy atom. The number of hydrogen-bond acceptors (Lipinski definition) is 1. The summed E-state index contributed by atoms with van der Waals surface area (Å²) < 4.78 is 0. The van der Waals surface area contributed by atoms with E-state index < -0.39 is 0 Å². The van der Waals surface area contributed by atoms with E-state index in [2.05, 4.69) is 31.5 Å². The molecule has 0 aliphatic heterocycles. The van der Waals surface area contributed by atoms with E-state index in [-0.39, 0.29) is 0 Å². The van der Waals surface area contributed by atoms with Crippen LogP contribution in [0.4, 0.5) is 0 Å². The number of nitrogens with zero attached hydrogens (tertiary/aromatic N) is 1. The second-order valence-electron chi connectivity index (χ2n) is 3.80. The SMILES string of the molecule is C=CC1(CN(C)CCC)CC1. The first-order chi connectivity index (χ1) is 5.22. The van der Waals surface area contributed by atoms with Gasteiger partial charge in [-0.05, 0) is 32.9 Å². The molecular formula is C10H19N. The molecule has 0 N–H and O–H groups in total. The minimum absolute atomic E-state index is 0.504. The van der Waals surface area contributed by atoms with Gasteiger partial charge in [0.15, 0.2) is 0 Å². The Balaban J connectivity index is 2.24. The van der Waals surface area contributed by atoms with Crippen molar-refractivity contribution in [2.45, 2.75) is 26.2 Å². The van der Waals surface area contributed by atoms with Gasteiger partial charge >= 0.3 is 0 Å². The molecule has 0 heterocycles. The van der Waals surface area contributed by atoms with Gasteiger partial charge in [-0.2, -0.15) is 0 Å². The first-order valence-electron chi connectivity index (χ1n) is 4.54. The fourth-order valence-electron chi connectivity index (χ4n) is 1.59. The van der Waals surface area contributed by atoms with Gasteiger partial charge < -0.3 is 4.90 Å². The normalized spacial score (nSPS) is 20.3. The summed E-state index contributed by atoms with van der Waals surface area (Å²) in [4.78, 5) is 2.41. The average Bonchev–Trinajstić information content (AvgIpc) is 2.70.